The summed E-state index contributed by atoms with van der Waals surface area (Å²) in [6, 6.07) is 7.59. The fraction of sp³-hybridized carbons (Fsp3) is 0.267. The molecule has 2 N–H and O–H groups in total. The molecule has 94 valence electrons. The van der Waals surface area contributed by atoms with Crippen LogP contribution in [0.4, 0.5) is 4.39 Å². The molecular formula is C15H17FN2. The Bertz CT molecular complexity index is 576. The van der Waals surface area contributed by atoms with Gasteiger partial charge in [-0.15, -0.1) is 0 Å². The third-order valence-corrected chi connectivity index (χ3v) is 3.44. The summed E-state index contributed by atoms with van der Waals surface area (Å²) in [6.07, 6.45) is 2.76. The average Bonchev–Trinajstić information content (AvgIpc) is 2.33. The summed E-state index contributed by atoms with van der Waals surface area (Å²) in [5, 5.41) is 0. The second kappa shape index (κ2) is 4.50. The van der Waals surface area contributed by atoms with E-state index in [-0.39, 0.29) is 5.82 Å². The lowest BCUT2D eigenvalue weighted by atomic mass is 9.84. The van der Waals surface area contributed by atoms with Crippen LogP contribution in [0.15, 0.2) is 36.7 Å². The molecule has 0 amide bonds. The molecule has 0 bridgehead atoms. The van der Waals surface area contributed by atoms with Crippen molar-refractivity contribution < 1.29 is 4.39 Å². The molecule has 1 unspecified atom stereocenters. The maximum atomic E-state index is 13.8. The number of pyridine rings is 1. The third kappa shape index (κ3) is 2.14. The summed E-state index contributed by atoms with van der Waals surface area (Å²) < 4.78 is 13.8. The Kier molecular flexibility index (Phi) is 3.18. The fourth-order valence-corrected chi connectivity index (χ4v) is 2.02. The number of hydrogen-bond donors (Lipinski definition) is 1. The van der Waals surface area contributed by atoms with E-state index in [4.69, 9.17) is 5.73 Å². The minimum atomic E-state index is -0.856. The van der Waals surface area contributed by atoms with E-state index < -0.39 is 5.54 Å². The summed E-state index contributed by atoms with van der Waals surface area (Å²) in [6.45, 7) is 5.88. The van der Waals surface area contributed by atoms with E-state index in [1.54, 1.807) is 12.3 Å². The molecule has 0 radical (unpaired) electrons. The Hall–Kier alpha value is -1.74. The lowest BCUT2D eigenvalue weighted by Crippen LogP contribution is -2.35. The summed E-state index contributed by atoms with van der Waals surface area (Å²) in [5.74, 6) is -0.374. The molecule has 0 aliphatic carbocycles. The van der Waals surface area contributed by atoms with Gasteiger partial charge in [0, 0.05) is 11.8 Å². The maximum Gasteiger partial charge on any atom is 0.146 e. The zero-order valence-corrected chi connectivity index (χ0v) is 10.9. The van der Waals surface area contributed by atoms with Gasteiger partial charge in [-0.05, 0) is 43.5 Å². The Morgan fingerprint density at radius 3 is 2.50 bits per heavy atom. The molecule has 3 heteroatoms. The van der Waals surface area contributed by atoms with E-state index in [1.165, 1.54) is 11.8 Å². The van der Waals surface area contributed by atoms with Crippen LogP contribution in [0.3, 0.4) is 0 Å². The van der Waals surface area contributed by atoms with Crippen molar-refractivity contribution in [2.24, 2.45) is 5.73 Å². The minimum Gasteiger partial charge on any atom is -0.318 e. The monoisotopic (exact) mass is 244 g/mol. The highest BCUT2D eigenvalue weighted by atomic mass is 19.1. The van der Waals surface area contributed by atoms with E-state index in [0.717, 1.165) is 11.1 Å². The van der Waals surface area contributed by atoms with Gasteiger partial charge < -0.3 is 5.73 Å². The smallest absolute Gasteiger partial charge is 0.146 e. The molecule has 0 fully saturated rings. The van der Waals surface area contributed by atoms with Crippen LogP contribution in [0.25, 0.3) is 0 Å². The molecule has 0 aliphatic heterocycles. The quantitative estimate of drug-likeness (QED) is 0.881. The van der Waals surface area contributed by atoms with Gasteiger partial charge in [0.25, 0.3) is 0 Å². The molecule has 2 rings (SSSR count). The second-order valence-corrected chi connectivity index (χ2v) is 4.86. The number of aromatic nitrogens is 1. The van der Waals surface area contributed by atoms with Crippen LogP contribution in [0.5, 0.6) is 0 Å². The van der Waals surface area contributed by atoms with Crippen molar-refractivity contribution >= 4 is 0 Å². The number of benzene rings is 1. The van der Waals surface area contributed by atoms with Crippen molar-refractivity contribution in [2.75, 3.05) is 0 Å². The highest BCUT2D eigenvalue weighted by Gasteiger charge is 2.27. The van der Waals surface area contributed by atoms with Gasteiger partial charge in [0.15, 0.2) is 0 Å². The van der Waals surface area contributed by atoms with Crippen molar-refractivity contribution in [1.82, 2.24) is 4.98 Å². The number of aryl methyl sites for hydroxylation is 2. The summed E-state index contributed by atoms with van der Waals surface area (Å²) in [5.41, 5.74) is 9.16. The lowest BCUT2D eigenvalue weighted by Gasteiger charge is -2.26. The zero-order chi connectivity index (χ0) is 13.3. The first-order chi connectivity index (χ1) is 8.43. The largest absolute Gasteiger partial charge is 0.318 e. The third-order valence-electron chi connectivity index (χ3n) is 3.44. The molecular weight excluding hydrogens is 227 g/mol. The summed E-state index contributed by atoms with van der Waals surface area (Å²) in [7, 11) is 0. The lowest BCUT2D eigenvalue weighted by molar-refractivity contribution is 0.526. The number of hydrogen-bond acceptors (Lipinski definition) is 2. The van der Waals surface area contributed by atoms with Crippen molar-refractivity contribution in [2.45, 2.75) is 26.3 Å². The van der Waals surface area contributed by atoms with Crippen molar-refractivity contribution in [3.8, 4) is 0 Å². The number of rotatable bonds is 2. The van der Waals surface area contributed by atoms with Crippen molar-refractivity contribution in [1.29, 1.82) is 0 Å². The molecule has 0 saturated heterocycles. The van der Waals surface area contributed by atoms with Gasteiger partial charge in [0.1, 0.15) is 5.82 Å². The van der Waals surface area contributed by atoms with Gasteiger partial charge in [0.05, 0.1) is 11.7 Å². The fourth-order valence-electron chi connectivity index (χ4n) is 2.02. The Morgan fingerprint density at radius 1 is 1.17 bits per heavy atom. The van der Waals surface area contributed by atoms with Crippen LogP contribution in [0, 0.1) is 19.7 Å². The molecule has 1 aromatic heterocycles. The Labute approximate surface area is 107 Å². The number of nitrogens with zero attached hydrogens (tertiary/aromatic N) is 1. The molecule has 0 aliphatic rings. The topological polar surface area (TPSA) is 38.9 Å². The zero-order valence-electron chi connectivity index (χ0n) is 10.9. The number of halogens is 1. The predicted octanol–water partition coefficient (Wildman–Crippen LogP) is 3.06. The SMILES string of the molecule is Cc1ccc(C(C)(N)c2ccncc2F)cc1C. The van der Waals surface area contributed by atoms with Crippen LogP contribution in [0.1, 0.15) is 29.2 Å². The first-order valence-corrected chi connectivity index (χ1v) is 5.89. The average molecular weight is 244 g/mol. The van der Waals surface area contributed by atoms with Crippen LogP contribution < -0.4 is 5.73 Å². The molecule has 2 nitrogen and oxygen atoms in total. The van der Waals surface area contributed by atoms with Gasteiger partial charge in [-0.25, -0.2) is 4.39 Å². The van der Waals surface area contributed by atoms with Crippen molar-refractivity contribution in [3.63, 3.8) is 0 Å². The van der Waals surface area contributed by atoms with Gasteiger partial charge in [-0.2, -0.15) is 0 Å². The predicted molar refractivity (Wildman–Crippen MR) is 70.8 cm³/mol. The maximum absolute atomic E-state index is 13.8. The Balaban J connectivity index is 2.54. The van der Waals surface area contributed by atoms with E-state index in [9.17, 15) is 4.39 Å². The van der Waals surface area contributed by atoms with Gasteiger partial charge in [-0.1, -0.05) is 18.2 Å². The molecule has 0 spiro atoms. The van der Waals surface area contributed by atoms with E-state index in [0.29, 0.717) is 5.56 Å². The first kappa shape index (κ1) is 12.7. The second-order valence-electron chi connectivity index (χ2n) is 4.86. The van der Waals surface area contributed by atoms with Crippen LogP contribution in [-0.2, 0) is 5.54 Å². The van der Waals surface area contributed by atoms with Crippen molar-refractivity contribution in [3.05, 3.63) is 64.7 Å². The highest BCUT2D eigenvalue weighted by molar-refractivity contribution is 5.40. The molecule has 1 atom stereocenters. The standard InChI is InChI=1S/C15H17FN2/c1-10-4-5-12(8-11(10)2)15(3,17)13-6-7-18-9-14(13)16/h4-9H,17H2,1-3H3. The van der Waals surface area contributed by atoms with Crippen LogP contribution in [0.2, 0.25) is 0 Å². The normalized spacial score (nSPS) is 14.3. The summed E-state index contributed by atoms with van der Waals surface area (Å²) in [4.78, 5) is 3.75. The van der Waals surface area contributed by atoms with E-state index >= 15 is 0 Å². The minimum absolute atomic E-state index is 0.374. The van der Waals surface area contributed by atoms with Crippen LogP contribution in [-0.4, -0.2) is 4.98 Å². The van der Waals surface area contributed by atoms with E-state index in [2.05, 4.69) is 4.98 Å². The van der Waals surface area contributed by atoms with Crippen LogP contribution >= 0.6 is 0 Å². The highest BCUT2D eigenvalue weighted by Crippen LogP contribution is 2.29. The molecule has 0 saturated carbocycles. The van der Waals surface area contributed by atoms with Gasteiger partial charge in [0.2, 0.25) is 0 Å². The van der Waals surface area contributed by atoms with Gasteiger partial charge in [-0.3, -0.25) is 4.98 Å². The molecule has 18 heavy (non-hydrogen) atoms. The number of nitrogens with two attached hydrogens (primary N) is 1. The molecule has 1 heterocycles. The Morgan fingerprint density at radius 2 is 1.89 bits per heavy atom. The summed E-state index contributed by atoms with van der Waals surface area (Å²) >= 11 is 0. The van der Waals surface area contributed by atoms with E-state index in [1.807, 2.05) is 39.0 Å². The molecule has 2 aromatic rings. The molecule has 1 aromatic carbocycles. The van der Waals surface area contributed by atoms with Gasteiger partial charge >= 0.3 is 0 Å². The first-order valence-electron chi connectivity index (χ1n) is 5.89.